The van der Waals surface area contributed by atoms with Crippen molar-refractivity contribution in [2.75, 3.05) is 13.1 Å². The molecular weight excluding hydrogens is 219 g/mol. The summed E-state index contributed by atoms with van der Waals surface area (Å²) in [5.74, 6) is -3.85. The van der Waals surface area contributed by atoms with Crippen LogP contribution in [-0.4, -0.2) is 19.2 Å². The molecule has 0 saturated carbocycles. The summed E-state index contributed by atoms with van der Waals surface area (Å²) in [4.78, 5) is 0. The molecule has 0 aromatic heterocycles. The molecule has 0 aliphatic carbocycles. The number of nitrogens with zero attached hydrogens (tertiary/aromatic N) is 1. The van der Waals surface area contributed by atoms with Crippen molar-refractivity contribution >= 4 is 0 Å². The number of benzene rings is 1. The number of ether oxygens (including phenoxy) is 1. The molecule has 5 heteroatoms. The molecule has 1 aromatic rings. The van der Waals surface area contributed by atoms with Gasteiger partial charge in [-0.3, -0.25) is 0 Å². The fourth-order valence-electron chi connectivity index (χ4n) is 1.63. The van der Waals surface area contributed by atoms with Crippen LogP contribution in [0.3, 0.4) is 0 Å². The molecule has 16 heavy (non-hydrogen) atoms. The van der Waals surface area contributed by atoms with Crippen molar-refractivity contribution in [3.8, 4) is 5.75 Å². The van der Waals surface area contributed by atoms with Crippen molar-refractivity contribution in [2.45, 2.75) is 18.9 Å². The van der Waals surface area contributed by atoms with Gasteiger partial charge in [0.2, 0.25) is 5.82 Å². The van der Waals surface area contributed by atoms with Crippen molar-refractivity contribution in [3.05, 3.63) is 29.6 Å². The molecule has 1 aromatic carbocycles. The normalized spacial score (nSPS) is 17.4. The Morgan fingerprint density at radius 1 is 1.06 bits per heavy atom. The van der Waals surface area contributed by atoms with Crippen molar-refractivity contribution < 1.29 is 17.9 Å². The molecule has 2 nitrogen and oxygen atoms in total. The Morgan fingerprint density at radius 3 is 2.38 bits per heavy atom. The minimum atomic E-state index is -1.26. The highest BCUT2D eigenvalue weighted by Gasteiger charge is 2.21. The summed E-state index contributed by atoms with van der Waals surface area (Å²) in [7, 11) is 0. The van der Waals surface area contributed by atoms with Crippen LogP contribution in [0.5, 0.6) is 5.75 Å². The first kappa shape index (κ1) is 11.3. The van der Waals surface area contributed by atoms with Crippen LogP contribution in [0, 0.1) is 17.5 Å². The Labute approximate surface area is 91.4 Å². The third-order valence-electron chi connectivity index (χ3n) is 2.50. The first-order chi connectivity index (χ1) is 7.68. The van der Waals surface area contributed by atoms with Crippen LogP contribution in [0.2, 0.25) is 0 Å². The van der Waals surface area contributed by atoms with Crippen LogP contribution >= 0.6 is 0 Å². The zero-order valence-corrected chi connectivity index (χ0v) is 8.55. The van der Waals surface area contributed by atoms with E-state index in [0.717, 1.165) is 12.1 Å². The fraction of sp³-hybridized carbons (Fsp3) is 0.455. The number of hydrogen-bond acceptors (Lipinski definition) is 1. The van der Waals surface area contributed by atoms with Crippen LogP contribution in [0.1, 0.15) is 12.8 Å². The summed E-state index contributed by atoms with van der Waals surface area (Å²) in [5, 5.41) is 4.09. The largest absolute Gasteiger partial charge is 0.484 e. The second-order valence-electron chi connectivity index (χ2n) is 3.66. The molecule has 0 unspecified atom stereocenters. The van der Waals surface area contributed by atoms with Crippen LogP contribution in [-0.2, 0) is 0 Å². The molecule has 0 bridgehead atoms. The van der Waals surface area contributed by atoms with E-state index in [1.807, 2.05) is 0 Å². The SMILES string of the molecule is Fc1ccc(F)c(OC2CC[N]CC2)c1F. The van der Waals surface area contributed by atoms with Gasteiger partial charge in [-0.2, -0.15) is 4.39 Å². The Hall–Kier alpha value is -1.23. The second-order valence-corrected chi connectivity index (χ2v) is 3.66. The lowest BCUT2D eigenvalue weighted by Gasteiger charge is -2.23. The van der Waals surface area contributed by atoms with Gasteiger partial charge >= 0.3 is 0 Å². The van der Waals surface area contributed by atoms with E-state index in [0.29, 0.717) is 25.9 Å². The maximum absolute atomic E-state index is 13.3. The minimum Gasteiger partial charge on any atom is -0.484 e. The molecule has 87 valence electrons. The predicted octanol–water partition coefficient (Wildman–Crippen LogP) is 2.25. The molecule has 0 spiro atoms. The molecule has 0 N–H and O–H groups in total. The highest BCUT2D eigenvalue weighted by Crippen LogP contribution is 2.26. The lowest BCUT2D eigenvalue weighted by Crippen LogP contribution is -2.30. The average Bonchev–Trinajstić information content (AvgIpc) is 2.31. The lowest BCUT2D eigenvalue weighted by atomic mass is 10.1. The van der Waals surface area contributed by atoms with E-state index in [9.17, 15) is 13.2 Å². The van der Waals surface area contributed by atoms with E-state index in [1.165, 1.54) is 0 Å². The zero-order valence-electron chi connectivity index (χ0n) is 8.55. The van der Waals surface area contributed by atoms with Gasteiger partial charge in [-0.15, -0.1) is 0 Å². The van der Waals surface area contributed by atoms with Gasteiger partial charge in [0.05, 0.1) is 0 Å². The first-order valence-corrected chi connectivity index (χ1v) is 5.12. The first-order valence-electron chi connectivity index (χ1n) is 5.12. The average molecular weight is 230 g/mol. The summed E-state index contributed by atoms with van der Waals surface area (Å²) < 4.78 is 44.5. The molecule has 0 amide bonds. The highest BCUT2D eigenvalue weighted by molar-refractivity contribution is 5.27. The predicted molar refractivity (Wildman–Crippen MR) is 51.8 cm³/mol. The number of hydrogen-bond donors (Lipinski definition) is 0. The summed E-state index contributed by atoms with van der Waals surface area (Å²) >= 11 is 0. The smallest absolute Gasteiger partial charge is 0.203 e. The molecule has 1 aliphatic heterocycles. The summed E-state index contributed by atoms with van der Waals surface area (Å²) in [6.45, 7) is 1.23. The third kappa shape index (κ3) is 2.29. The Kier molecular flexibility index (Phi) is 3.33. The van der Waals surface area contributed by atoms with Crippen molar-refractivity contribution in [1.82, 2.24) is 5.32 Å². The van der Waals surface area contributed by atoms with Gasteiger partial charge < -0.3 is 4.74 Å². The molecule has 1 radical (unpaired) electrons. The van der Waals surface area contributed by atoms with Crippen LogP contribution in [0.25, 0.3) is 0 Å². The molecule has 1 saturated heterocycles. The maximum Gasteiger partial charge on any atom is 0.203 e. The van der Waals surface area contributed by atoms with Crippen LogP contribution < -0.4 is 10.1 Å². The molecule has 2 rings (SSSR count). The van der Waals surface area contributed by atoms with Gasteiger partial charge in [0.15, 0.2) is 17.4 Å². The van der Waals surface area contributed by atoms with Crippen molar-refractivity contribution in [2.24, 2.45) is 0 Å². The van der Waals surface area contributed by atoms with Crippen LogP contribution in [0.4, 0.5) is 13.2 Å². The maximum atomic E-state index is 13.3. The number of piperidine rings is 1. The Balaban J connectivity index is 2.16. The number of halogens is 3. The van der Waals surface area contributed by atoms with Gasteiger partial charge in [-0.25, -0.2) is 14.1 Å². The van der Waals surface area contributed by atoms with Crippen LogP contribution in [0.15, 0.2) is 12.1 Å². The molecular formula is C11H11F3NO. The van der Waals surface area contributed by atoms with Gasteiger partial charge in [-0.05, 0) is 25.0 Å². The van der Waals surface area contributed by atoms with Crippen molar-refractivity contribution in [1.29, 1.82) is 0 Å². The van der Waals surface area contributed by atoms with E-state index in [-0.39, 0.29) is 6.10 Å². The summed E-state index contributed by atoms with van der Waals surface area (Å²) in [5.41, 5.74) is 0. The van der Waals surface area contributed by atoms with Gasteiger partial charge in [0, 0.05) is 13.1 Å². The van der Waals surface area contributed by atoms with Gasteiger partial charge in [-0.1, -0.05) is 0 Å². The highest BCUT2D eigenvalue weighted by atomic mass is 19.2. The monoisotopic (exact) mass is 230 g/mol. The van der Waals surface area contributed by atoms with E-state index in [2.05, 4.69) is 5.32 Å². The summed E-state index contributed by atoms with van der Waals surface area (Å²) in [6.07, 6.45) is 0.924. The van der Waals surface area contributed by atoms with E-state index < -0.39 is 23.2 Å². The third-order valence-corrected chi connectivity index (χ3v) is 2.50. The Morgan fingerprint density at radius 2 is 1.69 bits per heavy atom. The summed E-state index contributed by atoms with van der Waals surface area (Å²) in [6, 6.07) is 1.61. The standard InChI is InChI=1S/C11H11F3NO/c12-8-1-2-9(13)11(10(8)14)16-7-3-5-15-6-4-7/h1-2,7H,3-6H2. The van der Waals surface area contributed by atoms with E-state index >= 15 is 0 Å². The number of rotatable bonds is 2. The van der Waals surface area contributed by atoms with E-state index in [1.54, 1.807) is 0 Å². The molecule has 0 atom stereocenters. The fourth-order valence-corrected chi connectivity index (χ4v) is 1.63. The van der Waals surface area contributed by atoms with E-state index in [4.69, 9.17) is 4.74 Å². The Bertz CT molecular complexity index is 378. The van der Waals surface area contributed by atoms with Gasteiger partial charge in [0.25, 0.3) is 0 Å². The molecule has 1 heterocycles. The second kappa shape index (κ2) is 4.74. The lowest BCUT2D eigenvalue weighted by molar-refractivity contribution is 0.146. The zero-order chi connectivity index (χ0) is 11.5. The quantitative estimate of drug-likeness (QED) is 0.715. The molecule has 1 aliphatic rings. The van der Waals surface area contributed by atoms with Crippen molar-refractivity contribution in [3.63, 3.8) is 0 Å². The molecule has 1 fully saturated rings. The van der Waals surface area contributed by atoms with Gasteiger partial charge in [0.1, 0.15) is 6.10 Å². The topological polar surface area (TPSA) is 23.3 Å². The minimum absolute atomic E-state index is 0.289.